The molecule has 0 bridgehead atoms. The van der Waals surface area contributed by atoms with Crippen molar-refractivity contribution in [2.24, 2.45) is 0 Å². The van der Waals surface area contributed by atoms with Crippen LogP contribution in [0.1, 0.15) is 23.7 Å². The van der Waals surface area contributed by atoms with Gasteiger partial charge in [-0.05, 0) is 25.5 Å². The molecule has 0 radical (unpaired) electrons. The first-order valence-corrected chi connectivity index (χ1v) is 6.37. The van der Waals surface area contributed by atoms with Crippen molar-refractivity contribution in [1.29, 1.82) is 0 Å². The fourth-order valence-electron chi connectivity index (χ4n) is 2.17. The van der Waals surface area contributed by atoms with Crippen molar-refractivity contribution >= 4 is 11.6 Å². The number of nitro benzene ring substituents is 1. The molecule has 0 aromatic heterocycles. The maximum atomic E-state index is 12.4. The lowest BCUT2D eigenvalue weighted by molar-refractivity contribution is -0.385. The van der Waals surface area contributed by atoms with Crippen LogP contribution in [0.2, 0.25) is 0 Å². The standard InChI is InChI=1S/C13H16N2O5/c1-9-4-6-20-7-5-14(9)13(17)10-2-3-12(16)11(8-10)15(18)19/h2-3,8-9,16H,4-7H2,1H3/t9-/m1/s1. The second-order valence-electron chi connectivity index (χ2n) is 4.71. The van der Waals surface area contributed by atoms with Crippen LogP contribution in [0.25, 0.3) is 0 Å². The van der Waals surface area contributed by atoms with Crippen LogP contribution in [0.5, 0.6) is 5.75 Å². The molecule has 1 aromatic carbocycles. The molecular formula is C13H16N2O5. The molecule has 0 aliphatic carbocycles. The molecule has 2 rings (SSSR count). The zero-order chi connectivity index (χ0) is 14.7. The Morgan fingerprint density at radius 2 is 2.25 bits per heavy atom. The van der Waals surface area contributed by atoms with Gasteiger partial charge < -0.3 is 14.7 Å². The number of rotatable bonds is 2. The van der Waals surface area contributed by atoms with E-state index in [1.54, 1.807) is 4.90 Å². The van der Waals surface area contributed by atoms with Crippen LogP contribution in [-0.2, 0) is 4.74 Å². The van der Waals surface area contributed by atoms with Gasteiger partial charge in [-0.15, -0.1) is 0 Å². The summed E-state index contributed by atoms with van der Waals surface area (Å²) in [6, 6.07) is 3.68. The van der Waals surface area contributed by atoms with Crippen LogP contribution in [0, 0.1) is 10.1 Å². The summed E-state index contributed by atoms with van der Waals surface area (Å²) >= 11 is 0. The van der Waals surface area contributed by atoms with Gasteiger partial charge in [0.15, 0.2) is 5.75 Å². The third-order valence-electron chi connectivity index (χ3n) is 3.37. The average Bonchev–Trinajstić information content (AvgIpc) is 2.63. The van der Waals surface area contributed by atoms with Crippen LogP contribution < -0.4 is 0 Å². The minimum Gasteiger partial charge on any atom is -0.502 e. The molecule has 1 saturated heterocycles. The highest BCUT2D eigenvalue weighted by Gasteiger charge is 2.25. The lowest BCUT2D eigenvalue weighted by atomic mass is 10.1. The van der Waals surface area contributed by atoms with Crippen LogP contribution in [-0.4, -0.2) is 46.6 Å². The van der Waals surface area contributed by atoms with Crippen LogP contribution >= 0.6 is 0 Å². The van der Waals surface area contributed by atoms with Gasteiger partial charge in [0, 0.05) is 30.8 Å². The first kappa shape index (κ1) is 14.3. The SMILES string of the molecule is C[C@@H]1CCOCCN1C(=O)c1ccc(O)c([N+](=O)[O-])c1. The maximum absolute atomic E-state index is 12.4. The van der Waals surface area contributed by atoms with Crippen molar-refractivity contribution in [2.75, 3.05) is 19.8 Å². The number of benzene rings is 1. The highest BCUT2D eigenvalue weighted by Crippen LogP contribution is 2.27. The highest BCUT2D eigenvalue weighted by atomic mass is 16.6. The van der Waals surface area contributed by atoms with E-state index in [0.29, 0.717) is 19.8 Å². The summed E-state index contributed by atoms with van der Waals surface area (Å²) in [5, 5.41) is 20.2. The van der Waals surface area contributed by atoms with Crippen molar-refractivity contribution in [3.63, 3.8) is 0 Å². The van der Waals surface area contributed by atoms with Gasteiger partial charge in [0.1, 0.15) is 0 Å². The normalized spacial score (nSPS) is 19.4. The van der Waals surface area contributed by atoms with Crippen molar-refractivity contribution < 1.29 is 19.6 Å². The zero-order valence-electron chi connectivity index (χ0n) is 11.1. The Morgan fingerprint density at radius 3 is 2.95 bits per heavy atom. The third kappa shape index (κ3) is 2.88. The maximum Gasteiger partial charge on any atom is 0.311 e. The summed E-state index contributed by atoms with van der Waals surface area (Å²) < 4.78 is 5.32. The summed E-state index contributed by atoms with van der Waals surface area (Å²) in [5.41, 5.74) is -0.266. The number of carbonyl (C=O) groups is 1. The molecule has 0 unspecified atom stereocenters. The summed E-state index contributed by atoms with van der Waals surface area (Å²) in [6.45, 7) is 3.42. The molecule has 1 aliphatic heterocycles. The van der Waals surface area contributed by atoms with Crippen LogP contribution in [0.3, 0.4) is 0 Å². The average molecular weight is 280 g/mol. The molecule has 20 heavy (non-hydrogen) atoms. The van der Waals surface area contributed by atoms with Crippen molar-refractivity contribution in [1.82, 2.24) is 4.90 Å². The molecule has 108 valence electrons. The number of amides is 1. The van der Waals surface area contributed by atoms with Crippen molar-refractivity contribution in [3.05, 3.63) is 33.9 Å². The Balaban J connectivity index is 2.28. The fraction of sp³-hybridized carbons (Fsp3) is 0.462. The largest absolute Gasteiger partial charge is 0.502 e. The smallest absolute Gasteiger partial charge is 0.311 e. The zero-order valence-corrected chi connectivity index (χ0v) is 11.1. The topological polar surface area (TPSA) is 92.9 Å². The highest BCUT2D eigenvalue weighted by molar-refractivity contribution is 5.95. The molecule has 7 heteroatoms. The van der Waals surface area contributed by atoms with E-state index in [1.165, 1.54) is 12.1 Å². The summed E-state index contributed by atoms with van der Waals surface area (Å²) in [4.78, 5) is 24.1. The first-order valence-electron chi connectivity index (χ1n) is 6.37. The number of carbonyl (C=O) groups excluding carboxylic acids is 1. The molecule has 0 spiro atoms. The number of ether oxygens (including phenoxy) is 1. The van der Waals surface area contributed by atoms with E-state index >= 15 is 0 Å². The van der Waals surface area contributed by atoms with E-state index in [4.69, 9.17) is 4.74 Å². The van der Waals surface area contributed by atoms with E-state index in [-0.39, 0.29) is 17.5 Å². The Kier molecular flexibility index (Phi) is 4.19. The van der Waals surface area contributed by atoms with Crippen LogP contribution in [0.4, 0.5) is 5.69 Å². The Labute approximate surface area is 115 Å². The fourth-order valence-corrected chi connectivity index (χ4v) is 2.17. The lowest BCUT2D eigenvalue weighted by Gasteiger charge is -2.26. The Hall–Kier alpha value is -2.15. The molecule has 0 saturated carbocycles. The molecule has 1 N–H and O–H groups in total. The van der Waals surface area contributed by atoms with Gasteiger partial charge >= 0.3 is 5.69 Å². The third-order valence-corrected chi connectivity index (χ3v) is 3.37. The second-order valence-corrected chi connectivity index (χ2v) is 4.71. The number of hydrogen-bond acceptors (Lipinski definition) is 5. The number of hydrogen-bond donors (Lipinski definition) is 1. The van der Waals surface area contributed by atoms with Crippen molar-refractivity contribution in [2.45, 2.75) is 19.4 Å². The van der Waals surface area contributed by atoms with Gasteiger partial charge in [0.25, 0.3) is 5.91 Å². The molecule has 1 aliphatic rings. The summed E-state index contributed by atoms with van der Waals surface area (Å²) in [6.07, 6.45) is 0.728. The molecular weight excluding hydrogens is 264 g/mol. The molecule has 1 heterocycles. The first-order chi connectivity index (χ1) is 9.50. The van der Waals surface area contributed by atoms with Gasteiger partial charge in [0.2, 0.25) is 0 Å². The number of nitrogens with zero attached hydrogens (tertiary/aromatic N) is 2. The quantitative estimate of drug-likeness (QED) is 0.655. The Morgan fingerprint density at radius 1 is 1.50 bits per heavy atom. The van der Waals surface area contributed by atoms with E-state index in [9.17, 15) is 20.0 Å². The van der Waals surface area contributed by atoms with E-state index < -0.39 is 16.4 Å². The monoisotopic (exact) mass is 280 g/mol. The molecule has 1 aromatic rings. The molecule has 1 amide bonds. The van der Waals surface area contributed by atoms with E-state index in [2.05, 4.69) is 0 Å². The number of phenols is 1. The molecule has 1 atom stereocenters. The predicted octanol–water partition coefficient (Wildman–Crippen LogP) is 1.55. The van der Waals surface area contributed by atoms with Crippen LogP contribution in [0.15, 0.2) is 18.2 Å². The molecule has 1 fully saturated rings. The number of aromatic hydroxyl groups is 1. The van der Waals surface area contributed by atoms with Gasteiger partial charge in [-0.2, -0.15) is 0 Å². The molecule has 7 nitrogen and oxygen atoms in total. The van der Waals surface area contributed by atoms with E-state index in [0.717, 1.165) is 12.5 Å². The lowest BCUT2D eigenvalue weighted by Crippen LogP contribution is -2.39. The Bertz CT molecular complexity index is 531. The predicted molar refractivity (Wildman–Crippen MR) is 70.7 cm³/mol. The minimum absolute atomic E-state index is 0.0119. The number of nitro groups is 1. The van der Waals surface area contributed by atoms with Crippen molar-refractivity contribution in [3.8, 4) is 5.75 Å². The van der Waals surface area contributed by atoms with Gasteiger partial charge in [-0.25, -0.2) is 0 Å². The second kappa shape index (κ2) is 5.87. The van der Waals surface area contributed by atoms with Gasteiger partial charge in [0.05, 0.1) is 11.5 Å². The van der Waals surface area contributed by atoms with E-state index in [1.807, 2.05) is 6.92 Å². The van der Waals surface area contributed by atoms with Gasteiger partial charge in [-0.1, -0.05) is 0 Å². The van der Waals surface area contributed by atoms with Gasteiger partial charge in [-0.3, -0.25) is 14.9 Å². The minimum atomic E-state index is -0.707. The number of phenolic OH excluding ortho intramolecular Hbond substituents is 1. The summed E-state index contributed by atoms with van der Waals surface area (Å²) in [7, 11) is 0. The summed E-state index contributed by atoms with van der Waals surface area (Å²) in [5.74, 6) is -0.732.